The van der Waals surface area contributed by atoms with Crippen LogP contribution in [0.1, 0.15) is 90.9 Å². The Bertz CT molecular complexity index is 2670. The largest absolute Gasteiger partial charge is 0.491 e. The standard InChI is InChI=1S/C51H65N9O10S/c1-32(2)25-50(4)29-51(26-34(24-43(50)51)69-22-20-57(5)18-19-60(67)68)30-53-33(3)38(27-52)36-11-13-44(55-46(36)48(65)66)59-17-14-35-39(28-59)37(47(64)56-49-54-40-8-6-7-9-42(40)71-49)10-12-41(35)70-23-21-58(31-61)16-15-45(62)63/h6-13,24,27,31-32,34,67-68H,14-23,25-26,28-30,52H2,1-5H3,(H,62,63)(H,65,66)(H,54,56,64). The fourth-order valence-corrected chi connectivity index (χ4v) is 11.4. The highest BCUT2D eigenvalue weighted by Gasteiger charge is 2.59. The Morgan fingerprint density at radius 2 is 1.79 bits per heavy atom. The molecule has 1 aliphatic heterocycles. The monoisotopic (exact) mass is 995 g/mol. The minimum atomic E-state index is -1.25. The summed E-state index contributed by atoms with van der Waals surface area (Å²) in [4.78, 5) is 69.5. The average Bonchev–Trinajstić information content (AvgIpc) is 3.89. The number of aliphatic imine (C=N–C) groups is 1. The smallest absolute Gasteiger partial charge is 0.355 e. The van der Waals surface area contributed by atoms with Gasteiger partial charge in [0.2, 0.25) is 6.41 Å². The number of aromatic nitrogens is 2. The molecule has 4 aromatic rings. The average molecular weight is 996 g/mol. The summed E-state index contributed by atoms with van der Waals surface area (Å²) in [6.07, 6.45) is 7.06. The number of carboxylic acid groups (broad SMARTS) is 2. The third-order valence-electron chi connectivity index (χ3n) is 13.6. The zero-order valence-corrected chi connectivity index (χ0v) is 41.8. The summed E-state index contributed by atoms with van der Waals surface area (Å²) in [6.45, 7) is 11.6. The predicted molar refractivity (Wildman–Crippen MR) is 270 cm³/mol. The molecule has 7 N–H and O–H groups in total. The lowest BCUT2D eigenvalue weighted by Crippen LogP contribution is -2.48. The number of aromatic carboxylic acids is 1. The van der Waals surface area contributed by atoms with E-state index in [2.05, 4.69) is 37.1 Å². The van der Waals surface area contributed by atoms with Crippen molar-refractivity contribution in [3.05, 3.63) is 94.3 Å². The summed E-state index contributed by atoms with van der Waals surface area (Å²) in [5, 5.41) is 41.5. The molecule has 3 heterocycles. The number of ether oxygens (including phenoxy) is 2. The first-order chi connectivity index (χ1) is 33.9. The summed E-state index contributed by atoms with van der Waals surface area (Å²) < 4.78 is 13.5. The summed E-state index contributed by atoms with van der Waals surface area (Å²) in [5.74, 6) is -1.27. The molecule has 380 valence electrons. The van der Waals surface area contributed by atoms with Crippen LogP contribution in [0, 0.1) is 16.7 Å². The van der Waals surface area contributed by atoms with E-state index in [1.165, 1.54) is 28.0 Å². The molecule has 7 rings (SSSR count). The number of hydrogen-bond acceptors (Lipinski definition) is 16. The number of benzene rings is 2. The number of rotatable bonds is 25. The topological polar surface area (TPSA) is 257 Å². The summed E-state index contributed by atoms with van der Waals surface area (Å²) in [7, 11) is 1.90. The number of nitrogens with zero attached hydrogens (tertiary/aromatic N) is 7. The SMILES string of the molecule is CC(=NCC12CC(OCCN(C)CCN(O)O)C=C1C(C)(CC(C)C)C2)C(=CN)c1ccc(N2CCc3c(OCCN(C=O)CCC(=O)O)ccc(C(=O)Nc4nc5ccccc5s4)c3C2)nc1C(=O)O. The molecule has 2 aromatic heterocycles. The van der Waals surface area contributed by atoms with E-state index in [-0.39, 0.29) is 73.0 Å². The molecule has 3 aliphatic rings. The van der Waals surface area contributed by atoms with Crippen LogP contribution in [0.5, 0.6) is 5.75 Å². The zero-order chi connectivity index (χ0) is 51.0. The molecule has 71 heavy (non-hydrogen) atoms. The predicted octanol–water partition coefficient (Wildman–Crippen LogP) is 6.45. The number of fused-ring (bicyclic) bond motifs is 3. The van der Waals surface area contributed by atoms with Crippen LogP contribution >= 0.6 is 11.3 Å². The minimum absolute atomic E-state index is 0.00898. The molecular weight excluding hydrogens is 931 g/mol. The van der Waals surface area contributed by atoms with Gasteiger partial charge in [0.25, 0.3) is 5.91 Å². The highest BCUT2D eigenvalue weighted by atomic mass is 32.1. The van der Waals surface area contributed by atoms with Gasteiger partial charge in [-0.05, 0) is 92.9 Å². The number of hydroxylamine groups is 2. The highest BCUT2D eigenvalue weighted by Crippen LogP contribution is 2.67. The number of allylic oxidation sites excluding steroid dienone is 1. The van der Waals surface area contributed by atoms with E-state index >= 15 is 0 Å². The third-order valence-corrected chi connectivity index (χ3v) is 14.6. The Balaban J connectivity index is 1.10. The van der Waals surface area contributed by atoms with Gasteiger partial charge in [-0.3, -0.25) is 35.1 Å². The van der Waals surface area contributed by atoms with Gasteiger partial charge in [-0.25, -0.2) is 14.8 Å². The van der Waals surface area contributed by atoms with Gasteiger partial charge in [0.05, 0.1) is 42.4 Å². The van der Waals surface area contributed by atoms with Crippen molar-refractivity contribution >= 4 is 68.0 Å². The van der Waals surface area contributed by atoms with Crippen molar-refractivity contribution in [3.8, 4) is 5.75 Å². The van der Waals surface area contributed by atoms with Crippen LogP contribution in [-0.2, 0) is 27.3 Å². The molecule has 2 amide bonds. The van der Waals surface area contributed by atoms with Crippen LogP contribution in [0.3, 0.4) is 0 Å². The first-order valence-corrected chi connectivity index (χ1v) is 24.7. The number of para-hydroxylation sites is 1. The van der Waals surface area contributed by atoms with E-state index in [1.54, 1.807) is 24.3 Å². The van der Waals surface area contributed by atoms with Crippen molar-refractivity contribution < 1.29 is 49.3 Å². The van der Waals surface area contributed by atoms with Gasteiger partial charge in [0, 0.05) is 78.9 Å². The Morgan fingerprint density at radius 3 is 2.49 bits per heavy atom. The second kappa shape index (κ2) is 22.9. The van der Waals surface area contributed by atoms with Crippen molar-refractivity contribution in [1.29, 1.82) is 0 Å². The van der Waals surface area contributed by atoms with E-state index in [1.807, 2.05) is 48.0 Å². The lowest BCUT2D eigenvalue weighted by atomic mass is 9.49. The van der Waals surface area contributed by atoms with E-state index in [0.29, 0.717) is 96.2 Å². The van der Waals surface area contributed by atoms with E-state index in [0.717, 1.165) is 35.0 Å². The van der Waals surface area contributed by atoms with Gasteiger partial charge in [-0.1, -0.05) is 61.1 Å². The van der Waals surface area contributed by atoms with Crippen LogP contribution < -0.4 is 20.7 Å². The maximum atomic E-state index is 14.1. The number of pyridine rings is 1. The Labute approximate surface area is 417 Å². The van der Waals surface area contributed by atoms with Gasteiger partial charge in [0.15, 0.2) is 10.8 Å². The molecular formula is C51H65N9O10S. The molecule has 3 unspecified atom stereocenters. The van der Waals surface area contributed by atoms with Crippen molar-refractivity contribution in [3.63, 3.8) is 0 Å². The minimum Gasteiger partial charge on any atom is -0.491 e. The molecule has 1 fully saturated rings. The van der Waals surface area contributed by atoms with Crippen molar-refractivity contribution in [1.82, 2.24) is 25.0 Å². The van der Waals surface area contributed by atoms with Gasteiger partial charge < -0.3 is 40.1 Å². The van der Waals surface area contributed by atoms with Gasteiger partial charge in [0.1, 0.15) is 18.2 Å². The van der Waals surface area contributed by atoms with Gasteiger partial charge in [-0.2, -0.15) is 0 Å². The molecule has 0 saturated heterocycles. The summed E-state index contributed by atoms with van der Waals surface area (Å²) in [6, 6.07) is 14.4. The molecule has 0 spiro atoms. The van der Waals surface area contributed by atoms with Crippen LogP contribution in [0.4, 0.5) is 10.9 Å². The van der Waals surface area contributed by atoms with E-state index in [4.69, 9.17) is 40.7 Å². The second-order valence-corrected chi connectivity index (χ2v) is 20.4. The third kappa shape index (κ3) is 12.4. The number of carbonyl (C=O) groups is 4. The Kier molecular flexibility index (Phi) is 16.9. The van der Waals surface area contributed by atoms with E-state index < -0.39 is 11.9 Å². The molecule has 1 saturated carbocycles. The maximum Gasteiger partial charge on any atom is 0.355 e. The van der Waals surface area contributed by atoms with Gasteiger partial charge in [-0.15, -0.1) is 0 Å². The number of nitrogens with two attached hydrogens (primary N) is 1. The summed E-state index contributed by atoms with van der Waals surface area (Å²) in [5.41, 5.74) is 11.1. The number of nitrogens with one attached hydrogen (secondary N) is 1. The van der Waals surface area contributed by atoms with Gasteiger partial charge >= 0.3 is 11.9 Å². The first-order valence-electron chi connectivity index (χ1n) is 23.9. The second-order valence-electron chi connectivity index (χ2n) is 19.4. The normalized spacial score (nSPS) is 19.9. The summed E-state index contributed by atoms with van der Waals surface area (Å²) >= 11 is 1.35. The number of aliphatic carboxylic acids is 1. The molecule has 0 bridgehead atoms. The van der Waals surface area contributed by atoms with Crippen LogP contribution in [0.2, 0.25) is 0 Å². The number of amides is 2. The van der Waals surface area contributed by atoms with Crippen molar-refractivity contribution in [2.75, 3.05) is 76.3 Å². The lowest BCUT2D eigenvalue weighted by molar-refractivity contribution is -0.307. The van der Waals surface area contributed by atoms with Crippen LogP contribution in [-0.4, -0.2) is 148 Å². The quantitative estimate of drug-likeness (QED) is 0.0181. The number of carbonyl (C=O) groups excluding carboxylic acids is 2. The fraction of sp³-hybridized carbons (Fsp3) is 0.471. The fourth-order valence-electron chi connectivity index (χ4n) is 10.6. The maximum absolute atomic E-state index is 14.1. The molecule has 2 aliphatic carbocycles. The first kappa shape index (κ1) is 52.5. The van der Waals surface area contributed by atoms with Crippen molar-refractivity contribution in [2.45, 2.75) is 72.4 Å². The van der Waals surface area contributed by atoms with Crippen LogP contribution in [0.25, 0.3) is 15.8 Å². The number of anilines is 2. The van der Waals surface area contributed by atoms with E-state index in [9.17, 15) is 24.3 Å². The molecule has 0 radical (unpaired) electrons. The number of likely N-dealkylation sites (N-methyl/N-ethyl adjacent to an activating group) is 1. The number of thiazole rings is 1. The Morgan fingerprint density at radius 1 is 1.01 bits per heavy atom. The Hall–Kier alpha value is -6.29. The molecule has 2 aromatic carbocycles. The molecule has 3 atom stereocenters. The van der Waals surface area contributed by atoms with Crippen molar-refractivity contribution in [2.24, 2.45) is 27.5 Å². The number of hydrogen-bond donors (Lipinski definition) is 6. The molecule has 19 nitrogen and oxygen atoms in total. The zero-order valence-electron chi connectivity index (χ0n) is 41.0. The lowest BCUT2D eigenvalue weighted by Gasteiger charge is -2.56. The number of carboxylic acids is 2. The molecule has 20 heteroatoms. The highest BCUT2D eigenvalue weighted by molar-refractivity contribution is 7.22. The van der Waals surface area contributed by atoms with Crippen LogP contribution in [0.15, 0.2) is 71.4 Å².